The number of hydrogen-bond acceptors (Lipinski definition) is 5. The Morgan fingerprint density at radius 1 is 1.30 bits per heavy atom. The van der Waals surface area contributed by atoms with Crippen LogP contribution >= 0.6 is 0 Å². The predicted molar refractivity (Wildman–Crippen MR) is 86.0 cm³/mol. The maximum absolute atomic E-state index is 12.2. The summed E-state index contributed by atoms with van der Waals surface area (Å²) in [5, 5.41) is 3.41. The van der Waals surface area contributed by atoms with Crippen LogP contribution in [0, 0.1) is 0 Å². The number of amides is 1. The van der Waals surface area contributed by atoms with E-state index >= 15 is 0 Å². The van der Waals surface area contributed by atoms with E-state index in [-0.39, 0.29) is 18.2 Å². The third kappa shape index (κ3) is 3.88. The number of nitrogens with one attached hydrogen (secondary N) is 1. The molecule has 126 valence electrons. The van der Waals surface area contributed by atoms with Crippen molar-refractivity contribution in [1.82, 2.24) is 10.2 Å². The summed E-state index contributed by atoms with van der Waals surface area (Å²) in [6.45, 7) is 7.99. The van der Waals surface area contributed by atoms with Gasteiger partial charge in [0.2, 0.25) is 0 Å². The van der Waals surface area contributed by atoms with Crippen molar-refractivity contribution in [1.29, 1.82) is 0 Å². The largest absolute Gasteiger partial charge is 0.486 e. The highest BCUT2D eigenvalue weighted by molar-refractivity contribution is 5.68. The fourth-order valence-corrected chi connectivity index (χ4v) is 2.75. The van der Waals surface area contributed by atoms with Gasteiger partial charge >= 0.3 is 6.09 Å². The minimum absolute atomic E-state index is 0.0182. The number of rotatable bonds is 1. The number of carbonyl (C=O) groups is 1. The third-order valence-electron chi connectivity index (χ3n) is 3.84. The predicted octanol–water partition coefficient (Wildman–Crippen LogP) is 2.04. The van der Waals surface area contributed by atoms with Crippen molar-refractivity contribution in [3.8, 4) is 11.5 Å². The first-order chi connectivity index (χ1) is 10.9. The highest BCUT2D eigenvalue weighted by Crippen LogP contribution is 2.32. The fraction of sp³-hybridized carbons (Fsp3) is 0.588. The van der Waals surface area contributed by atoms with Crippen molar-refractivity contribution in [2.75, 3.05) is 26.2 Å². The van der Waals surface area contributed by atoms with Gasteiger partial charge in [0.1, 0.15) is 18.3 Å². The van der Waals surface area contributed by atoms with Crippen LogP contribution in [0.2, 0.25) is 0 Å². The molecular formula is C17H24N2O4. The Morgan fingerprint density at radius 3 is 2.78 bits per heavy atom. The van der Waals surface area contributed by atoms with Crippen molar-refractivity contribution in [3.05, 3.63) is 24.3 Å². The number of fused-ring (bicyclic) bond motifs is 1. The third-order valence-corrected chi connectivity index (χ3v) is 3.84. The van der Waals surface area contributed by atoms with Gasteiger partial charge in [-0.15, -0.1) is 0 Å². The molecule has 2 heterocycles. The summed E-state index contributed by atoms with van der Waals surface area (Å²) in [5.41, 5.74) is -0.485. The van der Waals surface area contributed by atoms with Crippen LogP contribution in [-0.2, 0) is 4.74 Å². The van der Waals surface area contributed by atoms with E-state index in [2.05, 4.69) is 5.32 Å². The van der Waals surface area contributed by atoms with Crippen LogP contribution in [0.3, 0.4) is 0 Å². The number of benzene rings is 1. The number of ether oxygens (including phenoxy) is 3. The standard InChI is InChI=1S/C17H24N2O4/c1-17(2,3)23-16(20)19-9-8-18-12(10-19)15-11-21-13-6-4-5-7-14(13)22-15/h4-7,12,15,18H,8-11H2,1-3H3. The summed E-state index contributed by atoms with van der Waals surface area (Å²) >= 11 is 0. The number of piperazine rings is 1. The molecule has 0 radical (unpaired) electrons. The number of nitrogens with zero attached hydrogens (tertiary/aromatic N) is 1. The van der Waals surface area contributed by atoms with E-state index in [1.807, 2.05) is 45.0 Å². The lowest BCUT2D eigenvalue weighted by Gasteiger charge is -2.39. The second kappa shape index (κ2) is 6.28. The van der Waals surface area contributed by atoms with Gasteiger partial charge in [0.25, 0.3) is 0 Å². The van der Waals surface area contributed by atoms with Crippen LogP contribution in [0.25, 0.3) is 0 Å². The molecule has 1 N–H and O–H groups in total. The van der Waals surface area contributed by atoms with Gasteiger partial charge in [-0.1, -0.05) is 12.1 Å². The van der Waals surface area contributed by atoms with E-state index in [9.17, 15) is 4.79 Å². The van der Waals surface area contributed by atoms with Gasteiger partial charge in [-0.3, -0.25) is 0 Å². The molecule has 0 spiro atoms. The molecule has 0 saturated carbocycles. The minimum atomic E-state index is -0.485. The molecular weight excluding hydrogens is 296 g/mol. The zero-order valence-corrected chi connectivity index (χ0v) is 13.9. The lowest BCUT2D eigenvalue weighted by atomic mass is 10.1. The molecule has 0 aromatic heterocycles. The second-order valence-electron chi connectivity index (χ2n) is 6.90. The van der Waals surface area contributed by atoms with Crippen LogP contribution in [0.4, 0.5) is 4.79 Å². The van der Waals surface area contributed by atoms with Gasteiger partial charge < -0.3 is 24.4 Å². The van der Waals surface area contributed by atoms with Crippen molar-refractivity contribution in [2.45, 2.75) is 38.5 Å². The fourth-order valence-electron chi connectivity index (χ4n) is 2.75. The van der Waals surface area contributed by atoms with Crippen LogP contribution in [-0.4, -0.2) is 55.0 Å². The molecule has 6 heteroatoms. The molecule has 23 heavy (non-hydrogen) atoms. The molecule has 1 saturated heterocycles. The summed E-state index contributed by atoms with van der Waals surface area (Å²) < 4.78 is 17.3. The van der Waals surface area contributed by atoms with Gasteiger partial charge in [0, 0.05) is 19.6 Å². The maximum atomic E-state index is 12.2. The lowest BCUT2D eigenvalue weighted by Crippen LogP contribution is -2.60. The Balaban J connectivity index is 1.62. The average Bonchev–Trinajstić information content (AvgIpc) is 2.53. The van der Waals surface area contributed by atoms with Gasteiger partial charge in [0.15, 0.2) is 11.5 Å². The van der Waals surface area contributed by atoms with E-state index in [0.29, 0.717) is 26.2 Å². The molecule has 0 aliphatic carbocycles. The van der Waals surface area contributed by atoms with E-state index in [0.717, 1.165) is 11.5 Å². The summed E-state index contributed by atoms with van der Waals surface area (Å²) in [4.78, 5) is 14.0. The molecule has 1 aromatic carbocycles. The highest BCUT2D eigenvalue weighted by atomic mass is 16.6. The minimum Gasteiger partial charge on any atom is -0.486 e. The van der Waals surface area contributed by atoms with Crippen molar-refractivity contribution < 1.29 is 19.0 Å². The van der Waals surface area contributed by atoms with Crippen LogP contribution in [0.1, 0.15) is 20.8 Å². The van der Waals surface area contributed by atoms with E-state index in [4.69, 9.17) is 14.2 Å². The Bertz CT molecular complexity index is 570. The SMILES string of the molecule is CC(C)(C)OC(=O)N1CCNC(C2COc3ccccc3O2)C1. The summed E-state index contributed by atoms with van der Waals surface area (Å²) in [7, 11) is 0. The monoisotopic (exact) mass is 320 g/mol. The van der Waals surface area contributed by atoms with E-state index in [1.165, 1.54) is 0 Å². The topological polar surface area (TPSA) is 60.0 Å². The Hall–Kier alpha value is -1.95. The number of para-hydroxylation sites is 2. The summed E-state index contributed by atoms with van der Waals surface area (Å²) in [5.74, 6) is 1.52. The zero-order chi connectivity index (χ0) is 16.4. The Kier molecular flexibility index (Phi) is 4.35. The van der Waals surface area contributed by atoms with Crippen molar-refractivity contribution in [2.24, 2.45) is 0 Å². The highest BCUT2D eigenvalue weighted by Gasteiger charge is 2.34. The molecule has 1 aromatic rings. The zero-order valence-electron chi connectivity index (χ0n) is 13.9. The van der Waals surface area contributed by atoms with E-state index < -0.39 is 5.60 Å². The first-order valence-electron chi connectivity index (χ1n) is 8.02. The average molecular weight is 320 g/mol. The van der Waals surface area contributed by atoms with Gasteiger partial charge in [-0.2, -0.15) is 0 Å². The molecule has 6 nitrogen and oxygen atoms in total. The van der Waals surface area contributed by atoms with Crippen LogP contribution in [0.5, 0.6) is 11.5 Å². The van der Waals surface area contributed by atoms with Crippen molar-refractivity contribution >= 4 is 6.09 Å². The van der Waals surface area contributed by atoms with Crippen LogP contribution in [0.15, 0.2) is 24.3 Å². The molecule has 2 aliphatic rings. The quantitative estimate of drug-likeness (QED) is 0.858. The lowest BCUT2D eigenvalue weighted by molar-refractivity contribution is 0.00432. The van der Waals surface area contributed by atoms with Crippen LogP contribution < -0.4 is 14.8 Å². The molecule has 1 fully saturated rings. The summed E-state index contributed by atoms with van der Waals surface area (Å²) in [6.07, 6.45) is -0.406. The number of hydrogen-bond donors (Lipinski definition) is 1. The van der Waals surface area contributed by atoms with Gasteiger partial charge in [-0.05, 0) is 32.9 Å². The smallest absolute Gasteiger partial charge is 0.410 e. The second-order valence-corrected chi connectivity index (χ2v) is 6.90. The van der Waals surface area contributed by atoms with Gasteiger partial charge in [-0.25, -0.2) is 4.79 Å². The Morgan fingerprint density at radius 2 is 2.04 bits per heavy atom. The maximum Gasteiger partial charge on any atom is 0.410 e. The van der Waals surface area contributed by atoms with E-state index in [1.54, 1.807) is 4.90 Å². The molecule has 3 rings (SSSR count). The molecule has 2 aliphatic heterocycles. The molecule has 0 bridgehead atoms. The first kappa shape index (κ1) is 15.9. The number of carbonyl (C=O) groups excluding carboxylic acids is 1. The van der Waals surface area contributed by atoms with Gasteiger partial charge in [0.05, 0.1) is 6.04 Å². The van der Waals surface area contributed by atoms with Crippen molar-refractivity contribution in [3.63, 3.8) is 0 Å². The molecule has 2 atom stereocenters. The normalized spacial score (nSPS) is 24.2. The first-order valence-corrected chi connectivity index (χ1v) is 8.02. The Labute approximate surface area is 136 Å². The molecule has 1 amide bonds. The molecule has 2 unspecified atom stereocenters. The summed E-state index contributed by atoms with van der Waals surface area (Å²) in [6, 6.07) is 7.66.